The van der Waals surface area contributed by atoms with E-state index in [0.29, 0.717) is 21.7 Å². The quantitative estimate of drug-likeness (QED) is 0.785. The predicted octanol–water partition coefficient (Wildman–Crippen LogP) is 4.18. The van der Waals surface area contributed by atoms with Gasteiger partial charge in [0.05, 0.1) is 5.02 Å². The monoisotopic (exact) mass is 239 g/mol. The highest BCUT2D eigenvalue weighted by Crippen LogP contribution is 2.28. The van der Waals surface area contributed by atoms with Gasteiger partial charge in [-0.2, -0.15) is 0 Å². The Morgan fingerprint density at radius 1 is 1.07 bits per heavy atom. The van der Waals surface area contributed by atoms with Crippen molar-refractivity contribution in [1.29, 1.82) is 0 Å². The van der Waals surface area contributed by atoms with Gasteiger partial charge in [-0.05, 0) is 18.2 Å². The van der Waals surface area contributed by atoms with Crippen molar-refractivity contribution >= 4 is 23.2 Å². The Labute approximate surface area is 97.4 Å². The van der Waals surface area contributed by atoms with Crippen molar-refractivity contribution in [3.8, 4) is 11.6 Å². The van der Waals surface area contributed by atoms with E-state index < -0.39 is 0 Å². The molecule has 0 aliphatic heterocycles. The van der Waals surface area contributed by atoms with E-state index in [4.69, 9.17) is 27.9 Å². The van der Waals surface area contributed by atoms with E-state index >= 15 is 0 Å². The molecule has 1 aromatic carbocycles. The van der Waals surface area contributed by atoms with E-state index in [9.17, 15) is 0 Å². The molecule has 1 aromatic heterocycles. The number of nitrogens with zero attached hydrogens (tertiary/aromatic N) is 1. The maximum absolute atomic E-state index is 5.91. The number of hydrogen-bond acceptors (Lipinski definition) is 2. The van der Waals surface area contributed by atoms with Gasteiger partial charge in [-0.25, -0.2) is 4.98 Å². The number of aromatic nitrogens is 1. The van der Waals surface area contributed by atoms with Crippen LogP contribution in [0.1, 0.15) is 0 Å². The van der Waals surface area contributed by atoms with Gasteiger partial charge in [-0.1, -0.05) is 41.4 Å². The molecule has 0 saturated carbocycles. The molecule has 0 aliphatic carbocycles. The van der Waals surface area contributed by atoms with E-state index in [-0.39, 0.29) is 0 Å². The second-order valence-corrected chi connectivity index (χ2v) is 3.70. The Bertz CT molecular complexity index is 459. The maximum Gasteiger partial charge on any atom is 0.238 e. The lowest BCUT2D eigenvalue weighted by atomic mass is 10.3. The fourth-order valence-corrected chi connectivity index (χ4v) is 1.50. The van der Waals surface area contributed by atoms with Gasteiger partial charge in [-0.3, -0.25) is 0 Å². The fourth-order valence-electron chi connectivity index (χ4n) is 1.08. The second-order valence-electron chi connectivity index (χ2n) is 2.86. The van der Waals surface area contributed by atoms with E-state index in [2.05, 4.69) is 4.98 Å². The summed E-state index contributed by atoms with van der Waals surface area (Å²) in [7, 11) is 0. The number of rotatable bonds is 2. The van der Waals surface area contributed by atoms with E-state index in [1.165, 1.54) is 6.20 Å². The number of ether oxygens (including phenoxy) is 1. The molecule has 0 amide bonds. The molecule has 15 heavy (non-hydrogen) atoms. The van der Waals surface area contributed by atoms with Crippen LogP contribution in [0.15, 0.2) is 42.6 Å². The molecule has 0 radical (unpaired) electrons. The molecule has 1 heterocycles. The summed E-state index contributed by atoms with van der Waals surface area (Å²) in [6.07, 6.45) is 1.49. The summed E-state index contributed by atoms with van der Waals surface area (Å²) in [5.74, 6) is 1.04. The smallest absolute Gasteiger partial charge is 0.238 e. The molecular formula is C11H7Cl2NO. The highest BCUT2D eigenvalue weighted by Gasteiger charge is 2.04. The van der Waals surface area contributed by atoms with E-state index in [0.717, 1.165) is 0 Å². The molecule has 0 unspecified atom stereocenters. The summed E-state index contributed by atoms with van der Waals surface area (Å²) in [6.45, 7) is 0. The zero-order valence-corrected chi connectivity index (χ0v) is 9.16. The minimum atomic E-state index is 0.354. The molecule has 0 fully saturated rings. The van der Waals surface area contributed by atoms with Crippen LogP contribution in [-0.2, 0) is 0 Å². The van der Waals surface area contributed by atoms with Crippen molar-refractivity contribution in [2.75, 3.05) is 0 Å². The Hall–Kier alpha value is -1.25. The molecule has 2 nitrogen and oxygen atoms in total. The summed E-state index contributed by atoms with van der Waals surface area (Å²) in [4.78, 5) is 3.99. The number of halogens is 2. The normalized spacial score (nSPS) is 10.0. The Morgan fingerprint density at radius 2 is 1.80 bits per heavy atom. The third-order valence-corrected chi connectivity index (χ3v) is 2.21. The second kappa shape index (κ2) is 4.51. The molecule has 0 atom stereocenters. The summed E-state index contributed by atoms with van der Waals surface area (Å²) >= 11 is 11.6. The predicted molar refractivity (Wildman–Crippen MR) is 60.8 cm³/mol. The highest BCUT2D eigenvalue weighted by atomic mass is 35.5. The third kappa shape index (κ3) is 2.61. The van der Waals surface area contributed by atoms with Crippen LogP contribution in [0.25, 0.3) is 0 Å². The Morgan fingerprint density at radius 3 is 2.47 bits per heavy atom. The first-order valence-electron chi connectivity index (χ1n) is 4.29. The number of pyridine rings is 1. The van der Waals surface area contributed by atoms with Crippen molar-refractivity contribution in [2.45, 2.75) is 0 Å². The van der Waals surface area contributed by atoms with Gasteiger partial charge in [0, 0.05) is 6.20 Å². The molecule has 0 bridgehead atoms. The zero-order valence-electron chi connectivity index (χ0n) is 7.65. The van der Waals surface area contributed by atoms with Crippen LogP contribution >= 0.6 is 23.2 Å². The standard InChI is InChI=1S/C11H7Cl2NO/c12-8-6-10(13)11(14-7-8)15-9-4-2-1-3-5-9/h1-7H. The van der Waals surface area contributed by atoms with Crippen LogP contribution in [-0.4, -0.2) is 4.98 Å². The molecule has 0 aliphatic rings. The molecular weight excluding hydrogens is 233 g/mol. The molecule has 2 aromatic rings. The largest absolute Gasteiger partial charge is 0.438 e. The minimum Gasteiger partial charge on any atom is -0.438 e. The van der Waals surface area contributed by atoms with Gasteiger partial charge in [-0.15, -0.1) is 0 Å². The summed E-state index contributed by atoms with van der Waals surface area (Å²) < 4.78 is 5.46. The summed E-state index contributed by atoms with van der Waals surface area (Å²) in [6, 6.07) is 10.9. The molecule has 0 N–H and O–H groups in total. The summed E-state index contributed by atoms with van der Waals surface area (Å²) in [5, 5.41) is 0.881. The molecule has 0 saturated heterocycles. The van der Waals surface area contributed by atoms with Crippen LogP contribution in [0.4, 0.5) is 0 Å². The fraction of sp³-hybridized carbons (Fsp3) is 0. The lowest BCUT2D eigenvalue weighted by molar-refractivity contribution is 0.463. The van der Waals surface area contributed by atoms with Gasteiger partial charge < -0.3 is 4.74 Å². The van der Waals surface area contributed by atoms with E-state index in [1.54, 1.807) is 6.07 Å². The number of benzene rings is 1. The average Bonchev–Trinajstić information content (AvgIpc) is 2.24. The van der Waals surface area contributed by atoms with Crippen molar-refractivity contribution in [3.05, 3.63) is 52.6 Å². The zero-order chi connectivity index (χ0) is 10.7. The number of para-hydroxylation sites is 1. The molecule has 4 heteroatoms. The lowest BCUT2D eigenvalue weighted by Gasteiger charge is -2.05. The van der Waals surface area contributed by atoms with Crippen LogP contribution in [0.5, 0.6) is 11.6 Å². The van der Waals surface area contributed by atoms with Gasteiger partial charge in [0.25, 0.3) is 0 Å². The molecule has 2 rings (SSSR count). The van der Waals surface area contributed by atoms with Crippen LogP contribution < -0.4 is 4.74 Å². The minimum absolute atomic E-state index is 0.354. The van der Waals surface area contributed by atoms with Gasteiger partial charge >= 0.3 is 0 Å². The van der Waals surface area contributed by atoms with Crippen molar-refractivity contribution in [2.24, 2.45) is 0 Å². The van der Waals surface area contributed by atoms with Crippen LogP contribution in [0.3, 0.4) is 0 Å². The van der Waals surface area contributed by atoms with Crippen LogP contribution in [0, 0.1) is 0 Å². The third-order valence-electron chi connectivity index (χ3n) is 1.73. The first-order chi connectivity index (χ1) is 7.25. The van der Waals surface area contributed by atoms with Gasteiger partial charge in [0.1, 0.15) is 10.8 Å². The first-order valence-corrected chi connectivity index (χ1v) is 5.05. The van der Waals surface area contributed by atoms with Crippen LogP contribution in [0.2, 0.25) is 10.0 Å². The van der Waals surface area contributed by atoms with Crippen molar-refractivity contribution in [3.63, 3.8) is 0 Å². The average molecular weight is 240 g/mol. The topological polar surface area (TPSA) is 22.1 Å². The van der Waals surface area contributed by atoms with Gasteiger partial charge in [0.15, 0.2) is 0 Å². The SMILES string of the molecule is Clc1cnc(Oc2ccccc2)c(Cl)c1. The van der Waals surface area contributed by atoms with Crippen molar-refractivity contribution in [1.82, 2.24) is 4.98 Å². The summed E-state index contributed by atoms with van der Waals surface area (Å²) in [5.41, 5.74) is 0. The van der Waals surface area contributed by atoms with Crippen molar-refractivity contribution < 1.29 is 4.74 Å². The Balaban J connectivity index is 2.25. The van der Waals surface area contributed by atoms with Gasteiger partial charge in [0.2, 0.25) is 5.88 Å². The molecule has 76 valence electrons. The maximum atomic E-state index is 5.91. The first kappa shape index (κ1) is 10.3. The Kier molecular flexibility index (Phi) is 3.09. The molecule has 0 spiro atoms. The number of hydrogen-bond donors (Lipinski definition) is 0. The lowest BCUT2D eigenvalue weighted by Crippen LogP contribution is -1.88. The highest BCUT2D eigenvalue weighted by molar-refractivity contribution is 6.35. The van der Waals surface area contributed by atoms with E-state index in [1.807, 2.05) is 30.3 Å².